The Balaban J connectivity index is 1.37. The minimum absolute atomic E-state index is 0.132. The molecular formula is C24H29FN6O2. The summed E-state index contributed by atoms with van der Waals surface area (Å²) in [6.45, 7) is 4.83. The highest BCUT2D eigenvalue weighted by Crippen LogP contribution is 2.30. The van der Waals surface area contributed by atoms with Gasteiger partial charge in [-0.25, -0.2) is 9.07 Å². The van der Waals surface area contributed by atoms with Gasteiger partial charge in [-0.05, 0) is 65.2 Å². The number of halogens is 1. The Morgan fingerprint density at radius 3 is 2.48 bits per heavy atom. The van der Waals surface area contributed by atoms with Crippen LogP contribution in [-0.4, -0.2) is 71.1 Å². The SMILES string of the molecule is COc1ccc(N2CCN([C@@H](c3ccc(F)cc3)c3nnnn3C[C@@H]3CCCO3)CC2)cc1. The molecule has 174 valence electrons. The van der Waals surface area contributed by atoms with Crippen molar-refractivity contribution in [2.24, 2.45) is 0 Å². The third-order valence-corrected chi connectivity index (χ3v) is 6.51. The van der Waals surface area contributed by atoms with Gasteiger partial charge in [-0.15, -0.1) is 5.10 Å². The fourth-order valence-corrected chi connectivity index (χ4v) is 4.72. The minimum atomic E-state index is -0.249. The molecule has 8 nitrogen and oxygen atoms in total. The first-order valence-electron chi connectivity index (χ1n) is 11.5. The van der Waals surface area contributed by atoms with Crippen LogP contribution in [0.15, 0.2) is 48.5 Å². The first-order valence-corrected chi connectivity index (χ1v) is 11.5. The molecule has 0 unspecified atom stereocenters. The van der Waals surface area contributed by atoms with Crippen LogP contribution in [0.3, 0.4) is 0 Å². The zero-order valence-corrected chi connectivity index (χ0v) is 18.8. The van der Waals surface area contributed by atoms with Crippen LogP contribution in [0.25, 0.3) is 0 Å². The van der Waals surface area contributed by atoms with Crippen molar-refractivity contribution in [2.75, 3.05) is 44.8 Å². The van der Waals surface area contributed by atoms with Crippen molar-refractivity contribution in [3.05, 3.63) is 65.7 Å². The zero-order valence-electron chi connectivity index (χ0n) is 18.8. The summed E-state index contributed by atoms with van der Waals surface area (Å²) in [6.07, 6.45) is 2.21. The summed E-state index contributed by atoms with van der Waals surface area (Å²) in [6, 6.07) is 14.7. The Labute approximate surface area is 192 Å². The minimum Gasteiger partial charge on any atom is -0.497 e. The van der Waals surface area contributed by atoms with Gasteiger partial charge in [-0.3, -0.25) is 4.90 Å². The Kier molecular flexibility index (Phi) is 6.50. The first kappa shape index (κ1) is 21.8. The Bertz CT molecular complexity index is 1030. The van der Waals surface area contributed by atoms with Crippen LogP contribution in [0.1, 0.15) is 30.3 Å². The highest BCUT2D eigenvalue weighted by Gasteiger charge is 2.31. The summed E-state index contributed by atoms with van der Waals surface area (Å²) in [5.41, 5.74) is 2.16. The van der Waals surface area contributed by atoms with Crippen molar-refractivity contribution in [1.82, 2.24) is 25.1 Å². The second-order valence-electron chi connectivity index (χ2n) is 8.53. The molecule has 0 amide bonds. The van der Waals surface area contributed by atoms with E-state index in [0.717, 1.165) is 62.8 Å². The van der Waals surface area contributed by atoms with E-state index in [9.17, 15) is 4.39 Å². The maximum atomic E-state index is 13.7. The smallest absolute Gasteiger partial charge is 0.173 e. The lowest BCUT2D eigenvalue weighted by atomic mass is 10.0. The van der Waals surface area contributed by atoms with E-state index < -0.39 is 0 Å². The van der Waals surface area contributed by atoms with E-state index >= 15 is 0 Å². The van der Waals surface area contributed by atoms with Crippen molar-refractivity contribution in [3.8, 4) is 5.75 Å². The number of anilines is 1. The van der Waals surface area contributed by atoms with E-state index in [2.05, 4.69) is 37.5 Å². The molecule has 2 aliphatic heterocycles. The van der Waals surface area contributed by atoms with Gasteiger partial charge in [0.1, 0.15) is 11.6 Å². The summed E-state index contributed by atoms with van der Waals surface area (Å²) in [5, 5.41) is 12.7. The molecule has 0 N–H and O–H groups in total. The number of nitrogens with zero attached hydrogens (tertiary/aromatic N) is 6. The molecule has 0 radical (unpaired) electrons. The number of hydrogen-bond acceptors (Lipinski definition) is 7. The summed E-state index contributed by atoms with van der Waals surface area (Å²) >= 11 is 0. The van der Waals surface area contributed by atoms with E-state index in [1.54, 1.807) is 7.11 Å². The predicted molar refractivity (Wildman–Crippen MR) is 122 cm³/mol. The van der Waals surface area contributed by atoms with Crippen molar-refractivity contribution in [2.45, 2.75) is 31.5 Å². The molecule has 1 aromatic heterocycles. The molecule has 9 heteroatoms. The second kappa shape index (κ2) is 9.84. The van der Waals surface area contributed by atoms with Crippen LogP contribution in [0.5, 0.6) is 5.75 Å². The van der Waals surface area contributed by atoms with Gasteiger partial charge in [0, 0.05) is 38.5 Å². The van der Waals surface area contributed by atoms with Gasteiger partial charge in [-0.2, -0.15) is 0 Å². The fraction of sp³-hybridized carbons (Fsp3) is 0.458. The average Bonchev–Trinajstić information content (AvgIpc) is 3.54. The predicted octanol–water partition coefficient (Wildman–Crippen LogP) is 2.91. The van der Waals surface area contributed by atoms with Gasteiger partial charge < -0.3 is 14.4 Å². The number of rotatable bonds is 7. The van der Waals surface area contributed by atoms with Crippen molar-refractivity contribution in [1.29, 1.82) is 0 Å². The van der Waals surface area contributed by atoms with Crippen LogP contribution < -0.4 is 9.64 Å². The lowest BCUT2D eigenvalue weighted by Crippen LogP contribution is -2.48. The van der Waals surface area contributed by atoms with Gasteiger partial charge in [-0.1, -0.05) is 12.1 Å². The molecule has 0 spiro atoms. The average molecular weight is 453 g/mol. The van der Waals surface area contributed by atoms with E-state index in [1.165, 1.54) is 17.8 Å². The van der Waals surface area contributed by atoms with Crippen molar-refractivity contribution >= 4 is 5.69 Å². The number of hydrogen-bond donors (Lipinski definition) is 0. The van der Waals surface area contributed by atoms with Gasteiger partial charge >= 0.3 is 0 Å². The highest BCUT2D eigenvalue weighted by molar-refractivity contribution is 5.49. The lowest BCUT2D eigenvalue weighted by Gasteiger charge is -2.40. The molecule has 0 bridgehead atoms. The molecule has 0 saturated carbocycles. The molecule has 2 aliphatic rings. The quantitative estimate of drug-likeness (QED) is 0.546. The molecule has 2 saturated heterocycles. The summed E-state index contributed by atoms with van der Waals surface area (Å²) < 4.78 is 26.6. The van der Waals surface area contributed by atoms with Crippen LogP contribution in [0, 0.1) is 5.82 Å². The van der Waals surface area contributed by atoms with Gasteiger partial charge in [0.2, 0.25) is 0 Å². The lowest BCUT2D eigenvalue weighted by molar-refractivity contribution is 0.0906. The van der Waals surface area contributed by atoms with Crippen LogP contribution in [-0.2, 0) is 11.3 Å². The molecule has 2 fully saturated rings. The summed E-state index contributed by atoms with van der Waals surface area (Å²) in [4.78, 5) is 4.75. The van der Waals surface area contributed by atoms with E-state index in [1.807, 2.05) is 28.9 Å². The molecular weight excluding hydrogens is 423 g/mol. The Morgan fingerprint density at radius 1 is 1.06 bits per heavy atom. The molecule has 33 heavy (non-hydrogen) atoms. The van der Waals surface area contributed by atoms with Gasteiger partial charge in [0.15, 0.2) is 5.82 Å². The molecule has 0 aliphatic carbocycles. The Morgan fingerprint density at radius 2 is 1.82 bits per heavy atom. The number of ether oxygens (including phenoxy) is 2. The number of benzene rings is 2. The number of piperazine rings is 1. The molecule has 2 aromatic carbocycles. The van der Waals surface area contributed by atoms with Crippen LogP contribution >= 0.6 is 0 Å². The maximum absolute atomic E-state index is 13.7. The number of aromatic nitrogens is 4. The maximum Gasteiger partial charge on any atom is 0.173 e. The van der Waals surface area contributed by atoms with E-state index in [0.29, 0.717) is 6.54 Å². The third-order valence-electron chi connectivity index (χ3n) is 6.51. The van der Waals surface area contributed by atoms with Crippen molar-refractivity contribution < 1.29 is 13.9 Å². The standard InChI is InChI=1S/C24H29FN6O2/c1-32-21-10-8-20(9-11-21)29-12-14-30(15-13-29)23(18-4-6-19(25)7-5-18)24-26-27-28-31(24)17-22-3-2-16-33-22/h4-11,22-23H,2-3,12-17H2,1H3/t22-,23-/m0/s1. The molecule has 3 heterocycles. The monoisotopic (exact) mass is 452 g/mol. The molecule has 2 atom stereocenters. The van der Waals surface area contributed by atoms with E-state index in [4.69, 9.17) is 9.47 Å². The normalized spacial score (nSPS) is 20.2. The van der Waals surface area contributed by atoms with Gasteiger partial charge in [0.05, 0.1) is 25.8 Å². The largest absolute Gasteiger partial charge is 0.497 e. The second-order valence-corrected chi connectivity index (χ2v) is 8.53. The Hall–Kier alpha value is -3.04. The van der Waals surface area contributed by atoms with Gasteiger partial charge in [0.25, 0.3) is 0 Å². The first-order chi connectivity index (χ1) is 16.2. The topological polar surface area (TPSA) is 68.5 Å². The molecule has 5 rings (SSSR count). The number of methoxy groups -OCH3 is 1. The summed E-state index contributed by atoms with van der Waals surface area (Å²) in [7, 11) is 1.68. The van der Waals surface area contributed by atoms with Crippen LogP contribution in [0.2, 0.25) is 0 Å². The van der Waals surface area contributed by atoms with E-state index in [-0.39, 0.29) is 18.0 Å². The fourth-order valence-electron chi connectivity index (χ4n) is 4.72. The highest BCUT2D eigenvalue weighted by atomic mass is 19.1. The van der Waals surface area contributed by atoms with Crippen LogP contribution in [0.4, 0.5) is 10.1 Å². The molecule has 3 aromatic rings. The summed E-state index contributed by atoms with van der Waals surface area (Å²) in [5.74, 6) is 1.38. The zero-order chi connectivity index (χ0) is 22.6. The number of tetrazole rings is 1. The van der Waals surface area contributed by atoms with Crippen molar-refractivity contribution in [3.63, 3.8) is 0 Å². The third kappa shape index (κ3) is 4.84.